The first kappa shape index (κ1) is 15.8. The summed E-state index contributed by atoms with van der Waals surface area (Å²) in [6, 6.07) is 5.88. The van der Waals surface area contributed by atoms with Crippen LogP contribution in [0, 0.1) is 0 Å². The molecule has 4 nitrogen and oxygen atoms in total. The number of hydrogen-bond donors (Lipinski definition) is 0. The molecule has 1 amide bonds. The van der Waals surface area contributed by atoms with Crippen LogP contribution < -0.4 is 0 Å². The smallest absolute Gasteiger partial charge is 0.248 e. The quantitative estimate of drug-likeness (QED) is 0.855. The zero-order valence-corrected chi connectivity index (χ0v) is 13.5. The number of halogens is 1. The Hall–Kier alpha value is -1.10. The summed E-state index contributed by atoms with van der Waals surface area (Å²) in [5, 5.41) is 0.801. The topological polar surface area (TPSA) is 38.8 Å². The summed E-state index contributed by atoms with van der Waals surface area (Å²) >= 11 is 6.20. The van der Waals surface area contributed by atoms with Gasteiger partial charge in [0, 0.05) is 24.7 Å². The fourth-order valence-corrected chi connectivity index (χ4v) is 3.37. The summed E-state index contributed by atoms with van der Waals surface area (Å²) in [5.41, 5.74) is 2.31. The largest absolute Gasteiger partial charge is 0.376 e. The van der Waals surface area contributed by atoms with Crippen LogP contribution in [0.25, 0.3) is 0 Å². The minimum absolute atomic E-state index is 0.0430. The van der Waals surface area contributed by atoms with E-state index in [9.17, 15) is 4.79 Å². The van der Waals surface area contributed by atoms with Crippen LogP contribution in [0.2, 0.25) is 5.02 Å². The van der Waals surface area contributed by atoms with Gasteiger partial charge in [0.1, 0.15) is 6.61 Å². The molecule has 5 heteroatoms. The van der Waals surface area contributed by atoms with E-state index in [-0.39, 0.29) is 18.6 Å². The Morgan fingerprint density at radius 1 is 1.41 bits per heavy atom. The van der Waals surface area contributed by atoms with Gasteiger partial charge in [0.15, 0.2) is 0 Å². The molecule has 0 bridgehead atoms. The number of ether oxygens (including phenoxy) is 2. The van der Waals surface area contributed by atoms with Gasteiger partial charge in [-0.15, -0.1) is 0 Å². The van der Waals surface area contributed by atoms with Gasteiger partial charge in [0.2, 0.25) is 5.91 Å². The van der Waals surface area contributed by atoms with E-state index in [1.807, 2.05) is 23.1 Å². The van der Waals surface area contributed by atoms with Crippen molar-refractivity contribution in [1.82, 2.24) is 4.90 Å². The van der Waals surface area contributed by atoms with Gasteiger partial charge in [0.05, 0.1) is 12.7 Å². The summed E-state index contributed by atoms with van der Waals surface area (Å²) in [6.07, 6.45) is 4.31. The highest BCUT2D eigenvalue weighted by Gasteiger charge is 2.22. The Balaban J connectivity index is 1.47. The zero-order chi connectivity index (χ0) is 15.4. The van der Waals surface area contributed by atoms with Gasteiger partial charge in [-0.3, -0.25) is 4.79 Å². The maximum Gasteiger partial charge on any atom is 0.248 e. The molecule has 0 N–H and O–H groups in total. The molecule has 1 atom stereocenters. The number of nitrogens with zero attached hydrogens (tertiary/aromatic N) is 1. The summed E-state index contributed by atoms with van der Waals surface area (Å²) < 4.78 is 11.2. The summed E-state index contributed by atoms with van der Waals surface area (Å²) in [4.78, 5) is 14.1. The fourth-order valence-electron chi connectivity index (χ4n) is 3.08. The van der Waals surface area contributed by atoms with Crippen molar-refractivity contribution in [2.45, 2.75) is 38.3 Å². The molecule has 1 fully saturated rings. The molecule has 1 saturated heterocycles. The molecule has 2 aliphatic rings. The average Bonchev–Trinajstić information content (AvgIpc) is 2.55. The van der Waals surface area contributed by atoms with Crippen LogP contribution in [0.4, 0.5) is 0 Å². The van der Waals surface area contributed by atoms with Crippen LogP contribution in [0.15, 0.2) is 18.2 Å². The molecule has 0 unspecified atom stereocenters. The molecule has 2 aliphatic heterocycles. The van der Waals surface area contributed by atoms with Crippen molar-refractivity contribution in [3.05, 3.63) is 34.3 Å². The third-order valence-corrected chi connectivity index (χ3v) is 4.72. The molecular weight excluding hydrogens is 302 g/mol. The van der Waals surface area contributed by atoms with E-state index < -0.39 is 0 Å². The first-order valence-electron chi connectivity index (χ1n) is 7.97. The molecule has 2 heterocycles. The van der Waals surface area contributed by atoms with Crippen LogP contribution in [0.3, 0.4) is 0 Å². The predicted octanol–water partition coefficient (Wildman–Crippen LogP) is 2.81. The van der Waals surface area contributed by atoms with Gasteiger partial charge in [-0.25, -0.2) is 0 Å². The number of hydrogen-bond acceptors (Lipinski definition) is 3. The van der Waals surface area contributed by atoms with Crippen molar-refractivity contribution in [2.75, 3.05) is 26.4 Å². The van der Waals surface area contributed by atoms with E-state index in [4.69, 9.17) is 21.1 Å². The molecule has 22 heavy (non-hydrogen) atoms. The average molecular weight is 324 g/mol. The Morgan fingerprint density at radius 3 is 3.14 bits per heavy atom. The van der Waals surface area contributed by atoms with Crippen molar-refractivity contribution in [3.63, 3.8) is 0 Å². The fraction of sp³-hybridized carbons (Fsp3) is 0.588. The van der Waals surface area contributed by atoms with Gasteiger partial charge in [0.25, 0.3) is 0 Å². The molecule has 1 aromatic rings. The summed E-state index contributed by atoms with van der Waals surface area (Å²) in [6.45, 7) is 2.79. The molecule has 3 rings (SSSR count). The Morgan fingerprint density at radius 2 is 2.32 bits per heavy atom. The Kier molecular flexibility index (Phi) is 5.34. The lowest BCUT2D eigenvalue weighted by atomic mass is 10.00. The predicted molar refractivity (Wildman–Crippen MR) is 85.0 cm³/mol. The number of rotatable bonds is 4. The van der Waals surface area contributed by atoms with Crippen LogP contribution in [-0.4, -0.2) is 43.3 Å². The Labute approximate surface area is 136 Å². The second kappa shape index (κ2) is 7.44. The maximum absolute atomic E-state index is 12.3. The molecule has 0 aliphatic carbocycles. The van der Waals surface area contributed by atoms with Crippen molar-refractivity contribution in [1.29, 1.82) is 0 Å². The number of benzene rings is 1. The second-order valence-corrected chi connectivity index (χ2v) is 6.35. The van der Waals surface area contributed by atoms with E-state index in [2.05, 4.69) is 0 Å². The minimum atomic E-state index is 0.0430. The van der Waals surface area contributed by atoms with Crippen LogP contribution in [-0.2, 0) is 27.2 Å². The third kappa shape index (κ3) is 3.80. The monoisotopic (exact) mass is 323 g/mol. The number of fused-ring (bicyclic) bond motifs is 1. The standard InChI is InChI=1S/C17H22ClNO3/c18-16-6-3-4-13-10-19(8-7-15(13)16)17(20)12-21-11-14-5-1-2-9-22-14/h3-4,6,14H,1-2,5,7-12H2/t14-/m1/s1. The van der Waals surface area contributed by atoms with E-state index >= 15 is 0 Å². The maximum atomic E-state index is 12.3. The van der Waals surface area contributed by atoms with Crippen molar-refractivity contribution in [3.8, 4) is 0 Å². The molecule has 0 spiro atoms. The molecule has 0 radical (unpaired) electrons. The van der Waals surface area contributed by atoms with E-state index in [0.717, 1.165) is 36.5 Å². The van der Waals surface area contributed by atoms with Gasteiger partial charge in [-0.2, -0.15) is 0 Å². The molecule has 1 aromatic carbocycles. The summed E-state index contributed by atoms with van der Waals surface area (Å²) in [7, 11) is 0. The number of amides is 1. The first-order valence-corrected chi connectivity index (χ1v) is 8.35. The lowest BCUT2D eigenvalue weighted by Gasteiger charge is -2.29. The SMILES string of the molecule is O=C(COC[C@H]1CCCCO1)N1CCc2c(Cl)cccc2C1. The van der Waals surface area contributed by atoms with Crippen molar-refractivity contribution < 1.29 is 14.3 Å². The lowest BCUT2D eigenvalue weighted by Crippen LogP contribution is -2.39. The third-order valence-electron chi connectivity index (χ3n) is 4.36. The molecule has 0 aromatic heterocycles. The van der Waals surface area contributed by atoms with Crippen LogP contribution >= 0.6 is 11.6 Å². The van der Waals surface area contributed by atoms with Crippen LogP contribution in [0.1, 0.15) is 30.4 Å². The van der Waals surface area contributed by atoms with Gasteiger partial charge in [-0.05, 0) is 42.9 Å². The van der Waals surface area contributed by atoms with E-state index in [0.29, 0.717) is 19.7 Å². The van der Waals surface area contributed by atoms with Crippen molar-refractivity contribution >= 4 is 17.5 Å². The van der Waals surface area contributed by atoms with E-state index in [1.54, 1.807) is 0 Å². The molecule has 0 saturated carbocycles. The first-order chi connectivity index (χ1) is 10.7. The summed E-state index contributed by atoms with van der Waals surface area (Å²) in [5.74, 6) is 0.0430. The number of carbonyl (C=O) groups excluding carboxylic acids is 1. The molecule has 120 valence electrons. The van der Waals surface area contributed by atoms with Crippen molar-refractivity contribution in [2.24, 2.45) is 0 Å². The second-order valence-electron chi connectivity index (χ2n) is 5.95. The Bertz CT molecular complexity index is 529. The lowest BCUT2D eigenvalue weighted by molar-refractivity contribution is -0.139. The molecular formula is C17H22ClNO3. The van der Waals surface area contributed by atoms with Crippen LogP contribution in [0.5, 0.6) is 0 Å². The normalized spacial score (nSPS) is 21.5. The van der Waals surface area contributed by atoms with Gasteiger partial charge < -0.3 is 14.4 Å². The van der Waals surface area contributed by atoms with Gasteiger partial charge >= 0.3 is 0 Å². The highest BCUT2D eigenvalue weighted by molar-refractivity contribution is 6.31. The zero-order valence-electron chi connectivity index (χ0n) is 12.7. The van der Waals surface area contributed by atoms with Gasteiger partial charge in [-0.1, -0.05) is 23.7 Å². The highest BCUT2D eigenvalue weighted by Crippen LogP contribution is 2.25. The number of carbonyl (C=O) groups is 1. The van der Waals surface area contributed by atoms with E-state index in [1.165, 1.54) is 12.0 Å². The minimum Gasteiger partial charge on any atom is -0.376 e. The highest BCUT2D eigenvalue weighted by atomic mass is 35.5.